The second kappa shape index (κ2) is 6.50. The standard InChI is InChI=1S/C13H9F6N5O/c14-12(15,16)6-24(5-10-22-23-11(21)25-10)8-2-1-7(4-20)9(3-8)13(17,18)19/h1-3H,5-6H2,(H2,21,23). The molecule has 2 aromatic rings. The Morgan fingerprint density at radius 1 is 1.16 bits per heavy atom. The summed E-state index contributed by atoms with van der Waals surface area (Å²) in [6.07, 6.45) is -9.61. The first kappa shape index (κ1) is 18.4. The fourth-order valence-electron chi connectivity index (χ4n) is 2.01. The molecule has 0 atom stereocenters. The van der Waals surface area contributed by atoms with E-state index in [0.717, 1.165) is 12.1 Å². The Balaban J connectivity index is 2.44. The molecule has 0 saturated carbocycles. The van der Waals surface area contributed by atoms with Gasteiger partial charge in [0.15, 0.2) is 0 Å². The number of nitrogens with zero attached hydrogens (tertiary/aromatic N) is 4. The first-order chi connectivity index (χ1) is 11.5. The molecule has 0 amide bonds. The fraction of sp³-hybridized carbons (Fsp3) is 0.308. The molecule has 0 aliphatic carbocycles. The SMILES string of the molecule is N#Cc1ccc(N(Cc2nnc(N)o2)CC(F)(F)F)cc1C(F)(F)F. The Morgan fingerprint density at radius 3 is 2.32 bits per heavy atom. The average Bonchev–Trinajstić information content (AvgIpc) is 2.89. The molecule has 2 N–H and O–H groups in total. The summed E-state index contributed by atoms with van der Waals surface area (Å²) in [5.41, 5.74) is 2.71. The van der Waals surface area contributed by atoms with Gasteiger partial charge in [0.25, 0.3) is 0 Å². The third-order valence-electron chi connectivity index (χ3n) is 2.97. The highest BCUT2D eigenvalue weighted by Gasteiger charge is 2.36. The van der Waals surface area contributed by atoms with E-state index in [1.54, 1.807) is 0 Å². The predicted octanol–water partition coefficient (Wildman–Crippen LogP) is 3.11. The van der Waals surface area contributed by atoms with Crippen molar-refractivity contribution in [2.24, 2.45) is 0 Å². The monoisotopic (exact) mass is 365 g/mol. The van der Waals surface area contributed by atoms with Crippen molar-refractivity contribution in [2.45, 2.75) is 18.9 Å². The van der Waals surface area contributed by atoms with Crippen LogP contribution in [0, 0.1) is 11.3 Å². The second-order valence-electron chi connectivity index (χ2n) is 4.84. The van der Waals surface area contributed by atoms with E-state index in [-0.39, 0.29) is 5.89 Å². The van der Waals surface area contributed by atoms with Crippen LogP contribution in [-0.4, -0.2) is 22.9 Å². The van der Waals surface area contributed by atoms with Crippen molar-refractivity contribution in [3.63, 3.8) is 0 Å². The molecule has 1 aromatic heterocycles. The normalized spacial score (nSPS) is 12.0. The highest BCUT2D eigenvalue weighted by molar-refractivity contribution is 5.55. The molecule has 0 aliphatic rings. The maximum atomic E-state index is 13.0. The molecule has 0 spiro atoms. The van der Waals surface area contributed by atoms with E-state index in [1.807, 2.05) is 0 Å². The lowest BCUT2D eigenvalue weighted by Gasteiger charge is -2.25. The Kier molecular flexibility index (Phi) is 4.78. The Bertz CT molecular complexity index is 791. The second-order valence-corrected chi connectivity index (χ2v) is 4.84. The van der Waals surface area contributed by atoms with E-state index in [2.05, 4.69) is 10.2 Å². The maximum absolute atomic E-state index is 13.0. The first-order valence-electron chi connectivity index (χ1n) is 6.50. The lowest BCUT2D eigenvalue weighted by atomic mass is 10.1. The number of anilines is 2. The molecule has 0 radical (unpaired) electrons. The molecular formula is C13H9F6N5O. The number of halogens is 6. The van der Waals surface area contributed by atoms with Crippen LogP contribution in [0.2, 0.25) is 0 Å². The van der Waals surface area contributed by atoms with Crippen molar-refractivity contribution in [2.75, 3.05) is 17.2 Å². The van der Waals surface area contributed by atoms with Gasteiger partial charge in [-0.2, -0.15) is 31.6 Å². The van der Waals surface area contributed by atoms with Crippen LogP contribution in [0.1, 0.15) is 17.0 Å². The van der Waals surface area contributed by atoms with Crippen molar-refractivity contribution in [1.82, 2.24) is 10.2 Å². The molecule has 134 valence electrons. The molecule has 12 heteroatoms. The van der Waals surface area contributed by atoms with Crippen LogP contribution in [0.15, 0.2) is 22.6 Å². The number of nitriles is 1. The average molecular weight is 365 g/mol. The number of nitrogen functional groups attached to an aromatic ring is 1. The maximum Gasteiger partial charge on any atom is 0.417 e. The van der Waals surface area contributed by atoms with Gasteiger partial charge in [-0.25, -0.2) is 0 Å². The quantitative estimate of drug-likeness (QED) is 0.837. The minimum atomic E-state index is -4.90. The van der Waals surface area contributed by atoms with Gasteiger partial charge < -0.3 is 15.1 Å². The van der Waals surface area contributed by atoms with Crippen molar-refractivity contribution < 1.29 is 30.8 Å². The highest BCUT2D eigenvalue weighted by atomic mass is 19.4. The summed E-state index contributed by atoms with van der Waals surface area (Å²) in [6.45, 7) is -2.19. The summed E-state index contributed by atoms with van der Waals surface area (Å²) in [4.78, 5) is 0.559. The van der Waals surface area contributed by atoms with Crippen LogP contribution in [0.4, 0.5) is 38.0 Å². The molecule has 25 heavy (non-hydrogen) atoms. The summed E-state index contributed by atoms with van der Waals surface area (Å²) in [7, 11) is 0. The first-order valence-corrected chi connectivity index (χ1v) is 6.50. The van der Waals surface area contributed by atoms with Gasteiger partial charge in [-0.1, -0.05) is 5.10 Å². The Morgan fingerprint density at radius 2 is 1.84 bits per heavy atom. The van der Waals surface area contributed by atoms with Gasteiger partial charge in [0.05, 0.1) is 23.7 Å². The molecule has 0 bridgehead atoms. The number of benzene rings is 1. The lowest BCUT2D eigenvalue weighted by Crippen LogP contribution is -2.34. The van der Waals surface area contributed by atoms with Crippen molar-refractivity contribution in [3.8, 4) is 6.07 Å². The molecule has 1 aromatic carbocycles. The summed E-state index contributed by atoms with van der Waals surface area (Å²) in [5.74, 6) is -0.306. The van der Waals surface area contributed by atoms with Gasteiger partial charge >= 0.3 is 18.4 Å². The van der Waals surface area contributed by atoms with Crippen molar-refractivity contribution in [1.29, 1.82) is 5.26 Å². The molecule has 2 rings (SSSR count). The molecule has 0 fully saturated rings. The molecule has 0 unspecified atom stereocenters. The van der Waals surface area contributed by atoms with Crippen molar-refractivity contribution >= 4 is 11.7 Å². The largest absolute Gasteiger partial charge is 0.417 e. The van der Waals surface area contributed by atoms with Crippen LogP contribution in [-0.2, 0) is 12.7 Å². The van der Waals surface area contributed by atoms with Crippen LogP contribution >= 0.6 is 0 Å². The molecular weight excluding hydrogens is 356 g/mol. The number of alkyl halides is 6. The lowest BCUT2D eigenvalue weighted by molar-refractivity contribution is -0.137. The zero-order chi connectivity index (χ0) is 18.8. The van der Waals surface area contributed by atoms with Crippen molar-refractivity contribution in [3.05, 3.63) is 35.2 Å². The summed E-state index contributed by atoms with van der Waals surface area (Å²) >= 11 is 0. The molecule has 0 aliphatic heterocycles. The molecule has 0 saturated heterocycles. The summed E-state index contributed by atoms with van der Waals surface area (Å²) in [6, 6.07) is 3.19. The van der Waals surface area contributed by atoms with E-state index in [4.69, 9.17) is 15.4 Å². The number of aromatic nitrogens is 2. The van der Waals surface area contributed by atoms with E-state index in [9.17, 15) is 26.3 Å². The number of hydrogen-bond donors (Lipinski definition) is 1. The minimum Gasteiger partial charge on any atom is -0.406 e. The topological polar surface area (TPSA) is 92.0 Å². The predicted molar refractivity (Wildman–Crippen MR) is 72.0 cm³/mol. The van der Waals surface area contributed by atoms with Crippen LogP contribution in [0.5, 0.6) is 0 Å². The third kappa shape index (κ3) is 4.75. The van der Waals surface area contributed by atoms with Crippen LogP contribution in [0.3, 0.4) is 0 Å². The summed E-state index contributed by atoms with van der Waals surface area (Å²) < 4.78 is 82.1. The van der Waals surface area contributed by atoms with Gasteiger partial charge in [0.2, 0.25) is 5.89 Å². The van der Waals surface area contributed by atoms with Crippen LogP contribution < -0.4 is 10.6 Å². The van der Waals surface area contributed by atoms with E-state index < -0.39 is 48.3 Å². The van der Waals surface area contributed by atoms with Gasteiger partial charge in [-0.15, -0.1) is 5.10 Å². The Labute approximate surface area is 136 Å². The van der Waals surface area contributed by atoms with Gasteiger partial charge in [-0.3, -0.25) is 0 Å². The zero-order valence-corrected chi connectivity index (χ0v) is 12.2. The summed E-state index contributed by atoms with van der Waals surface area (Å²) in [5, 5.41) is 15.4. The smallest absolute Gasteiger partial charge is 0.406 e. The van der Waals surface area contributed by atoms with E-state index in [0.29, 0.717) is 11.0 Å². The van der Waals surface area contributed by atoms with E-state index in [1.165, 1.54) is 6.07 Å². The highest BCUT2D eigenvalue weighted by Crippen LogP contribution is 2.35. The molecule has 1 heterocycles. The number of nitrogens with two attached hydrogens (primary N) is 1. The molecule has 6 nitrogen and oxygen atoms in total. The third-order valence-corrected chi connectivity index (χ3v) is 2.97. The number of hydrogen-bond acceptors (Lipinski definition) is 6. The fourth-order valence-corrected chi connectivity index (χ4v) is 2.01. The van der Waals surface area contributed by atoms with Gasteiger partial charge in [0.1, 0.15) is 6.54 Å². The van der Waals surface area contributed by atoms with Gasteiger partial charge in [0, 0.05) is 5.69 Å². The van der Waals surface area contributed by atoms with Crippen LogP contribution in [0.25, 0.3) is 0 Å². The van der Waals surface area contributed by atoms with Gasteiger partial charge in [-0.05, 0) is 18.2 Å². The zero-order valence-electron chi connectivity index (χ0n) is 12.2. The van der Waals surface area contributed by atoms with E-state index >= 15 is 0 Å². The number of rotatable bonds is 4. The Hall–Kier alpha value is -2.97. The minimum absolute atomic E-state index is 0.306.